The van der Waals surface area contributed by atoms with Crippen molar-refractivity contribution in [3.05, 3.63) is 12.2 Å². The van der Waals surface area contributed by atoms with E-state index in [9.17, 15) is 9.90 Å². The molecular weight excluding hydrogens is 232 g/mol. The highest BCUT2D eigenvalue weighted by molar-refractivity contribution is 5.77. The molecule has 1 N–H and O–H groups in total. The fraction of sp³-hybridized carbons (Fsp3) is 0.750. The van der Waals surface area contributed by atoms with Crippen LogP contribution < -0.4 is 0 Å². The zero-order valence-electron chi connectivity index (χ0n) is 11.7. The molecule has 0 saturated carbocycles. The molecule has 1 aromatic rings. The van der Waals surface area contributed by atoms with E-state index >= 15 is 0 Å². The molecule has 102 valence electrons. The monoisotopic (exact) mass is 254 g/mol. The second-order valence-corrected chi connectivity index (χ2v) is 5.09. The lowest BCUT2D eigenvalue weighted by Crippen LogP contribution is -2.49. The largest absolute Gasteiger partial charge is 0.480 e. The van der Waals surface area contributed by atoms with Gasteiger partial charge in [0.15, 0.2) is 0 Å². The van der Waals surface area contributed by atoms with Crippen LogP contribution in [0.1, 0.15) is 46.5 Å². The van der Waals surface area contributed by atoms with Gasteiger partial charge in [-0.2, -0.15) is 5.10 Å². The van der Waals surface area contributed by atoms with Crippen molar-refractivity contribution < 1.29 is 9.90 Å². The summed E-state index contributed by atoms with van der Waals surface area (Å²) in [5.74, 6) is -0.0406. The summed E-state index contributed by atoms with van der Waals surface area (Å²) >= 11 is 0. The number of carboxylic acid groups (broad SMARTS) is 1. The molecule has 0 aliphatic heterocycles. The van der Waals surface area contributed by atoms with Gasteiger partial charge >= 0.3 is 5.97 Å². The van der Waals surface area contributed by atoms with Crippen LogP contribution in [0.2, 0.25) is 0 Å². The molecule has 0 aliphatic rings. The van der Waals surface area contributed by atoms with Crippen LogP contribution in [-0.2, 0) is 11.3 Å². The van der Waals surface area contributed by atoms with Crippen LogP contribution >= 0.6 is 0 Å². The molecule has 0 spiro atoms. The summed E-state index contributed by atoms with van der Waals surface area (Å²) < 4.78 is 1.82. The van der Waals surface area contributed by atoms with Crippen molar-refractivity contribution in [2.75, 3.05) is 6.54 Å². The van der Waals surface area contributed by atoms with Crippen LogP contribution in [0.25, 0.3) is 0 Å². The first-order chi connectivity index (χ1) is 8.30. The van der Waals surface area contributed by atoms with Crippen LogP contribution in [0.3, 0.4) is 0 Å². The van der Waals surface area contributed by atoms with Crippen LogP contribution in [0.5, 0.6) is 0 Å². The van der Waals surface area contributed by atoms with Crippen LogP contribution in [0.15, 0.2) is 6.33 Å². The summed E-state index contributed by atoms with van der Waals surface area (Å²) in [6.45, 7) is 10.5. The van der Waals surface area contributed by atoms with E-state index in [2.05, 4.69) is 10.1 Å². The third-order valence-electron chi connectivity index (χ3n) is 3.16. The average Bonchev–Trinajstić information content (AvgIpc) is 2.73. The fourth-order valence-corrected chi connectivity index (χ4v) is 1.83. The van der Waals surface area contributed by atoms with Gasteiger partial charge < -0.3 is 5.11 Å². The third kappa shape index (κ3) is 2.87. The summed E-state index contributed by atoms with van der Waals surface area (Å²) in [5.41, 5.74) is -0.914. The molecule has 0 unspecified atom stereocenters. The predicted octanol–water partition coefficient (Wildman–Crippen LogP) is 1.54. The van der Waals surface area contributed by atoms with Crippen molar-refractivity contribution in [3.63, 3.8) is 0 Å². The van der Waals surface area contributed by atoms with E-state index in [0.717, 1.165) is 5.82 Å². The van der Waals surface area contributed by atoms with Crippen molar-refractivity contribution in [2.45, 2.75) is 52.7 Å². The summed E-state index contributed by atoms with van der Waals surface area (Å²) in [5, 5.41) is 13.4. The number of likely N-dealkylation sites (N-methyl/N-ethyl adjacent to an activating group) is 1. The van der Waals surface area contributed by atoms with Crippen molar-refractivity contribution in [1.29, 1.82) is 0 Å². The summed E-state index contributed by atoms with van der Waals surface area (Å²) in [4.78, 5) is 17.4. The highest BCUT2D eigenvalue weighted by Crippen LogP contribution is 2.18. The Balaban J connectivity index is 2.93. The number of carbonyl (C=O) groups is 1. The van der Waals surface area contributed by atoms with E-state index in [1.54, 1.807) is 13.8 Å². The van der Waals surface area contributed by atoms with Gasteiger partial charge in [0, 0.05) is 6.04 Å². The number of hydrogen-bond donors (Lipinski definition) is 1. The summed E-state index contributed by atoms with van der Waals surface area (Å²) in [6, 6.07) is 0.217. The molecule has 0 atom stereocenters. The molecule has 0 aromatic carbocycles. The third-order valence-corrected chi connectivity index (χ3v) is 3.16. The van der Waals surface area contributed by atoms with E-state index in [1.807, 2.05) is 30.4 Å². The first-order valence-electron chi connectivity index (χ1n) is 6.17. The van der Waals surface area contributed by atoms with E-state index in [1.165, 1.54) is 6.33 Å². The quantitative estimate of drug-likeness (QED) is 0.833. The lowest BCUT2D eigenvalue weighted by atomic mass is 10.0. The van der Waals surface area contributed by atoms with Gasteiger partial charge in [-0.15, -0.1) is 0 Å². The fourth-order valence-electron chi connectivity index (χ4n) is 1.83. The Hall–Kier alpha value is -1.43. The highest BCUT2D eigenvalue weighted by atomic mass is 16.4. The molecular formula is C12H22N4O2. The first-order valence-corrected chi connectivity index (χ1v) is 6.17. The number of nitrogens with zero attached hydrogens (tertiary/aromatic N) is 4. The summed E-state index contributed by atoms with van der Waals surface area (Å²) in [6.07, 6.45) is 1.51. The SMILES string of the molecule is CCN(Cc1ncnn1C(C)C)C(C)(C)C(=O)O. The Bertz CT molecular complexity index is 412. The van der Waals surface area contributed by atoms with Gasteiger partial charge in [0.1, 0.15) is 17.7 Å². The Morgan fingerprint density at radius 1 is 1.56 bits per heavy atom. The molecule has 18 heavy (non-hydrogen) atoms. The van der Waals surface area contributed by atoms with E-state index in [-0.39, 0.29) is 6.04 Å². The molecule has 0 aliphatic carbocycles. The number of aliphatic carboxylic acids is 1. The molecule has 1 rings (SSSR count). The smallest absolute Gasteiger partial charge is 0.323 e. The second-order valence-electron chi connectivity index (χ2n) is 5.09. The van der Waals surface area contributed by atoms with Gasteiger partial charge in [-0.1, -0.05) is 6.92 Å². The van der Waals surface area contributed by atoms with Gasteiger partial charge in [-0.05, 0) is 34.2 Å². The van der Waals surface area contributed by atoms with Crippen molar-refractivity contribution in [1.82, 2.24) is 19.7 Å². The topological polar surface area (TPSA) is 71.2 Å². The second kappa shape index (κ2) is 5.48. The standard InChI is InChI=1S/C12H22N4O2/c1-6-15(12(4,5)11(17)18)7-10-13-8-14-16(10)9(2)3/h8-9H,6-7H2,1-5H3,(H,17,18). The zero-order chi connectivity index (χ0) is 13.9. The van der Waals surface area contributed by atoms with E-state index in [4.69, 9.17) is 0 Å². The van der Waals surface area contributed by atoms with Gasteiger partial charge in [0.05, 0.1) is 6.54 Å². The molecule has 0 radical (unpaired) electrons. The lowest BCUT2D eigenvalue weighted by molar-refractivity contribution is -0.149. The Morgan fingerprint density at radius 3 is 2.61 bits per heavy atom. The molecule has 0 saturated heterocycles. The molecule has 1 aromatic heterocycles. The van der Waals surface area contributed by atoms with Gasteiger partial charge in [-0.3, -0.25) is 9.69 Å². The maximum absolute atomic E-state index is 11.3. The van der Waals surface area contributed by atoms with Crippen LogP contribution in [-0.4, -0.2) is 42.8 Å². The van der Waals surface area contributed by atoms with Crippen molar-refractivity contribution >= 4 is 5.97 Å². The first kappa shape index (κ1) is 14.6. The van der Waals surface area contributed by atoms with Crippen LogP contribution in [0, 0.1) is 0 Å². The zero-order valence-corrected chi connectivity index (χ0v) is 11.7. The van der Waals surface area contributed by atoms with Crippen molar-refractivity contribution in [2.24, 2.45) is 0 Å². The van der Waals surface area contributed by atoms with Crippen molar-refractivity contribution in [3.8, 4) is 0 Å². The Kier molecular flexibility index (Phi) is 4.45. The Labute approximate surface area is 108 Å². The highest BCUT2D eigenvalue weighted by Gasteiger charge is 2.34. The molecule has 0 bridgehead atoms. The molecule has 6 heteroatoms. The molecule has 1 heterocycles. The maximum atomic E-state index is 11.3. The summed E-state index contributed by atoms with van der Waals surface area (Å²) in [7, 11) is 0. The normalized spacial score (nSPS) is 12.4. The van der Waals surface area contributed by atoms with E-state index < -0.39 is 11.5 Å². The minimum absolute atomic E-state index is 0.217. The molecule has 0 amide bonds. The van der Waals surface area contributed by atoms with Gasteiger partial charge in [-0.25, -0.2) is 9.67 Å². The minimum Gasteiger partial charge on any atom is -0.480 e. The number of aromatic nitrogens is 3. The lowest BCUT2D eigenvalue weighted by Gasteiger charge is -2.33. The van der Waals surface area contributed by atoms with Crippen LogP contribution in [0.4, 0.5) is 0 Å². The van der Waals surface area contributed by atoms with E-state index in [0.29, 0.717) is 13.1 Å². The van der Waals surface area contributed by atoms with Gasteiger partial charge in [0.25, 0.3) is 0 Å². The minimum atomic E-state index is -0.914. The predicted molar refractivity (Wildman–Crippen MR) is 68.2 cm³/mol. The molecule has 0 fully saturated rings. The maximum Gasteiger partial charge on any atom is 0.323 e. The number of hydrogen-bond acceptors (Lipinski definition) is 4. The number of rotatable bonds is 6. The molecule has 6 nitrogen and oxygen atoms in total. The number of carboxylic acids is 1. The Morgan fingerprint density at radius 2 is 2.17 bits per heavy atom. The average molecular weight is 254 g/mol. The van der Waals surface area contributed by atoms with Gasteiger partial charge in [0.2, 0.25) is 0 Å².